The fourth-order valence-electron chi connectivity index (χ4n) is 0.186. The lowest BCUT2D eigenvalue weighted by Gasteiger charge is -2.13. The smallest absolute Gasteiger partial charge is 0.0454 e. The van der Waals surface area contributed by atoms with E-state index in [0.717, 1.165) is 0 Å². The fourth-order valence-corrected chi connectivity index (χ4v) is 0.186. The molecule has 4 N–H and O–H groups in total. The van der Waals surface area contributed by atoms with Crippen LogP contribution in [0.3, 0.4) is 0 Å². The summed E-state index contributed by atoms with van der Waals surface area (Å²) in [6, 6.07) is 0. The molecule has 1 unspecified atom stereocenters. The molecule has 1 atom stereocenters. The quantitative estimate of drug-likeness (QED) is 0.354. The lowest BCUT2D eigenvalue weighted by molar-refractivity contribution is -1.09. The SMILES string of the molecule is CCN[NH+]([O-])ON. The molecule has 0 amide bonds. The van der Waals surface area contributed by atoms with E-state index in [1.807, 2.05) is 0 Å². The second kappa shape index (κ2) is 3.97. The van der Waals surface area contributed by atoms with Gasteiger partial charge in [0, 0.05) is 6.54 Å². The van der Waals surface area contributed by atoms with Crippen LogP contribution < -0.4 is 16.7 Å². The summed E-state index contributed by atoms with van der Waals surface area (Å²) in [6.45, 7) is 2.31. The van der Waals surface area contributed by atoms with E-state index in [4.69, 9.17) is 0 Å². The molecule has 0 aliphatic rings. The highest BCUT2D eigenvalue weighted by atomic mass is 17.0. The van der Waals surface area contributed by atoms with E-state index in [9.17, 15) is 5.21 Å². The summed E-state index contributed by atoms with van der Waals surface area (Å²) >= 11 is 0. The largest absolute Gasteiger partial charge is 0.578 e. The van der Waals surface area contributed by atoms with Crippen LogP contribution in [0.15, 0.2) is 0 Å². The molecule has 7 heavy (non-hydrogen) atoms. The second-order valence-corrected chi connectivity index (χ2v) is 0.936. The van der Waals surface area contributed by atoms with Crippen molar-refractivity contribution in [2.45, 2.75) is 6.92 Å². The number of hydrogen-bond donors (Lipinski definition) is 3. The molecular formula is C2H9N3O2. The predicted octanol–water partition coefficient (Wildman–Crippen LogP) is -2.30. The Hall–Kier alpha value is -0.200. The Bertz CT molecular complexity index is 41.9. The highest BCUT2D eigenvalue weighted by Gasteiger charge is 1.84. The molecule has 0 heterocycles. The third-order valence-electron chi connectivity index (χ3n) is 0.428. The summed E-state index contributed by atoms with van der Waals surface area (Å²) in [4.78, 5) is 3.74. The van der Waals surface area contributed by atoms with Gasteiger partial charge in [-0.3, -0.25) is 0 Å². The summed E-state index contributed by atoms with van der Waals surface area (Å²) in [5, 5.41) is 9.36. The Morgan fingerprint density at radius 1 is 2.00 bits per heavy atom. The van der Waals surface area contributed by atoms with Gasteiger partial charge in [0.25, 0.3) is 0 Å². The van der Waals surface area contributed by atoms with E-state index in [2.05, 4.69) is 16.3 Å². The Morgan fingerprint density at radius 2 is 2.57 bits per heavy atom. The van der Waals surface area contributed by atoms with Gasteiger partial charge in [-0.25, -0.2) is 0 Å². The van der Waals surface area contributed by atoms with E-state index in [1.54, 1.807) is 6.92 Å². The van der Waals surface area contributed by atoms with Crippen molar-refractivity contribution in [1.29, 1.82) is 0 Å². The Kier molecular flexibility index (Phi) is 3.86. The van der Waals surface area contributed by atoms with Crippen molar-refractivity contribution in [3.05, 3.63) is 5.21 Å². The molecule has 44 valence electrons. The lowest BCUT2D eigenvalue weighted by Crippen LogP contribution is -3.14. The molecule has 0 aliphatic carbocycles. The topological polar surface area (TPSA) is 74.8 Å². The van der Waals surface area contributed by atoms with Crippen LogP contribution in [0.5, 0.6) is 0 Å². The van der Waals surface area contributed by atoms with E-state index in [1.165, 1.54) is 0 Å². The molecule has 0 saturated carbocycles. The van der Waals surface area contributed by atoms with Gasteiger partial charge in [-0.15, -0.1) is 10.8 Å². The van der Waals surface area contributed by atoms with Crippen LogP contribution in [0.2, 0.25) is 0 Å². The monoisotopic (exact) mass is 107 g/mol. The van der Waals surface area contributed by atoms with Crippen molar-refractivity contribution in [2.24, 2.45) is 5.90 Å². The molecule has 5 nitrogen and oxygen atoms in total. The molecule has 0 spiro atoms. The van der Waals surface area contributed by atoms with Crippen LogP contribution in [0.4, 0.5) is 0 Å². The van der Waals surface area contributed by atoms with Crippen molar-refractivity contribution in [1.82, 2.24) is 5.43 Å². The highest BCUT2D eigenvalue weighted by Crippen LogP contribution is 1.35. The van der Waals surface area contributed by atoms with Gasteiger partial charge in [-0.1, -0.05) is 4.94 Å². The molecule has 0 aromatic rings. The van der Waals surface area contributed by atoms with Crippen LogP contribution >= 0.6 is 0 Å². The summed E-state index contributed by atoms with van der Waals surface area (Å²) in [5.41, 5.74) is 2.31. The third-order valence-corrected chi connectivity index (χ3v) is 0.428. The predicted molar refractivity (Wildman–Crippen MR) is 23.3 cm³/mol. The zero-order chi connectivity index (χ0) is 5.70. The summed E-state index contributed by atoms with van der Waals surface area (Å²) < 4.78 is 0. The van der Waals surface area contributed by atoms with Crippen LogP contribution in [0.25, 0.3) is 0 Å². The van der Waals surface area contributed by atoms with E-state index >= 15 is 0 Å². The molecule has 0 rings (SSSR count). The molecule has 5 heteroatoms. The van der Waals surface area contributed by atoms with Crippen molar-refractivity contribution >= 4 is 0 Å². The number of rotatable bonds is 3. The first kappa shape index (κ1) is 6.80. The zero-order valence-corrected chi connectivity index (χ0v) is 4.10. The molecule has 0 fully saturated rings. The summed E-state index contributed by atoms with van der Waals surface area (Å²) in [6.07, 6.45) is 0. The van der Waals surface area contributed by atoms with E-state index in [0.29, 0.717) is 6.54 Å². The fraction of sp³-hybridized carbons (Fsp3) is 1.00. The van der Waals surface area contributed by atoms with E-state index in [-0.39, 0.29) is 0 Å². The zero-order valence-electron chi connectivity index (χ0n) is 4.10. The van der Waals surface area contributed by atoms with Crippen molar-refractivity contribution < 1.29 is 10.3 Å². The molecule has 0 bridgehead atoms. The van der Waals surface area contributed by atoms with E-state index < -0.39 is 5.34 Å². The van der Waals surface area contributed by atoms with Gasteiger partial charge in [0.2, 0.25) is 0 Å². The Labute approximate surface area is 41.5 Å². The Morgan fingerprint density at radius 3 is 2.71 bits per heavy atom. The van der Waals surface area contributed by atoms with Crippen molar-refractivity contribution in [2.75, 3.05) is 6.54 Å². The number of nitrogens with two attached hydrogens (primary N) is 1. The molecule has 0 radical (unpaired) electrons. The van der Waals surface area contributed by atoms with Gasteiger partial charge in [0.1, 0.15) is 0 Å². The first-order valence-corrected chi connectivity index (χ1v) is 1.95. The maximum atomic E-state index is 9.95. The first-order valence-electron chi connectivity index (χ1n) is 1.95. The van der Waals surface area contributed by atoms with Crippen molar-refractivity contribution in [3.63, 3.8) is 0 Å². The molecule has 0 aromatic carbocycles. The van der Waals surface area contributed by atoms with Crippen LogP contribution in [0.1, 0.15) is 6.92 Å². The average molecular weight is 107 g/mol. The van der Waals surface area contributed by atoms with Gasteiger partial charge < -0.3 is 5.21 Å². The van der Waals surface area contributed by atoms with Gasteiger partial charge in [-0.2, -0.15) is 5.90 Å². The average Bonchev–Trinajstić information content (AvgIpc) is 1.68. The second-order valence-electron chi connectivity index (χ2n) is 0.936. The highest BCUT2D eigenvalue weighted by molar-refractivity contribution is 4.08. The number of quaternary nitrogens is 1. The number of nitrogens with one attached hydrogen (secondary N) is 2. The van der Waals surface area contributed by atoms with Crippen LogP contribution in [-0.2, 0) is 4.94 Å². The van der Waals surface area contributed by atoms with Crippen LogP contribution in [0, 0.1) is 5.21 Å². The van der Waals surface area contributed by atoms with Crippen molar-refractivity contribution in [3.8, 4) is 0 Å². The Balaban J connectivity index is 2.83. The molecule has 0 aliphatic heterocycles. The van der Waals surface area contributed by atoms with Gasteiger partial charge in [0.05, 0.1) is 0 Å². The van der Waals surface area contributed by atoms with Gasteiger partial charge in [0.15, 0.2) is 0 Å². The van der Waals surface area contributed by atoms with Gasteiger partial charge in [-0.05, 0) is 6.92 Å². The maximum absolute atomic E-state index is 9.95. The van der Waals surface area contributed by atoms with Crippen LogP contribution in [-0.4, -0.2) is 6.54 Å². The maximum Gasteiger partial charge on any atom is 0.0454 e. The minimum Gasteiger partial charge on any atom is -0.578 e. The number of hydrogen-bond acceptors (Lipinski definition) is 4. The van der Waals surface area contributed by atoms with Gasteiger partial charge >= 0.3 is 0 Å². The summed E-state index contributed by atoms with van der Waals surface area (Å²) in [5.74, 6) is 4.45. The minimum absolute atomic E-state index is 0.538. The third kappa shape index (κ3) is 3.64. The molecule has 0 aromatic heterocycles. The molecular weight excluding hydrogens is 98.0 g/mol. The first-order chi connectivity index (χ1) is 3.31. The standard InChI is InChI=1S/C2H9N3O2/c1-2-4-5(6)7-3/h4-5H,2-3H2,1H3. The summed E-state index contributed by atoms with van der Waals surface area (Å²) in [7, 11) is 0. The normalized spacial score (nSPS) is 14.1. The lowest BCUT2D eigenvalue weighted by atomic mass is 10.8. The minimum atomic E-state index is -0.595. The molecule has 0 saturated heterocycles.